The van der Waals surface area contributed by atoms with Crippen LogP contribution in [0.4, 0.5) is 5.69 Å². The van der Waals surface area contributed by atoms with Crippen molar-refractivity contribution in [2.75, 3.05) is 5.32 Å². The van der Waals surface area contributed by atoms with Crippen molar-refractivity contribution in [3.8, 4) is 0 Å². The van der Waals surface area contributed by atoms with Crippen LogP contribution in [0.2, 0.25) is 0 Å². The lowest BCUT2D eigenvalue weighted by Gasteiger charge is -2.05. The summed E-state index contributed by atoms with van der Waals surface area (Å²) >= 11 is 6.68. The van der Waals surface area contributed by atoms with Crippen LogP contribution in [0.5, 0.6) is 0 Å². The zero-order valence-electron chi connectivity index (χ0n) is 6.40. The van der Waals surface area contributed by atoms with Gasteiger partial charge in [0.2, 0.25) is 5.91 Å². The summed E-state index contributed by atoms with van der Waals surface area (Å²) in [6, 6.07) is 5.59. The Morgan fingerprint density at radius 3 is 2.67 bits per heavy atom. The Bertz CT molecular complexity index is 312. The van der Waals surface area contributed by atoms with Gasteiger partial charge < -0.3 is 5.32 Å². The number of rotatable bonds is 1. The fourth-order valence-corrected chi connectivity index (χ4v) is 1.52. The Kier molecular flexibility index (Phi) is 3.29. The number of carbonyl (C=O) groups excluding carboxylic acids is 1. The molecule has 0 saturated heterocycles. The van der Waals surface area contributed by atoms with Gasteiger partial charge in [0.25, 0.3) is 0 Å². The highest BCUT2D eigenvalue weighted by molar-refractivity contribution is 9.13. The number of nitrogens with one attached hydrogen (secondary N) is 1. The molecule has 12 heavy (non-hydrogen) atoms. The molecule has 0 spiro atoms. The smallest absolute Gasteiger partial charge is 0.221 e. The summed E-state index contributed by atoms with van der Waals surface area (Å²) in [4.78, 5) is 10.7. The van der Waals surface area contributed by atoms with Gasteiger partial charge >= 0.3 is 0 Å². The summed E-state index contributed by atoms with van der Waals surface area (Å²) in [5.74, 6) is -0.0752. The van der Waals surface area contributed by atoms with E-state index >= 15 is 0 Å². The van der Waals surface area contributed by atoms with Gasteiger partial charge in [-0.05, 0) is 44.0 Å². The Balaban J connectivity index is 3.00. The molecule has 0 heterocycles. The van der Waals surface area contributed by atoms with Crippen LogP contribution >= 0.6 is 31.9 Å². The van der Waals surface area contributed by atoms with Gasteiger partial charge in [-0.15, -0.1) is 0 Å². The minimum Gasteiger partial charge on any atom is -0.325 e. The number of anilines is 1. The van der Waals surface area contributed by atoms with Gasteiger partial charge in [0, 0.05) is 11.4 Å². The highest BCUT2D eigenvalue weighted by Crippen LogP contribution is 2.30. The van der Waals surface area contributed by atoms with Gasteiger partial charge in [0.05, 0.1) is 10.2 Å². The van der Waals surface area contributed by atoms with E-state index in [1.54, 1.807) is 0 Å². The van der Waals surface area contributed by atoms with E-state index in [4.69, 9.17) is 0 Å². The molecule has 0 atom stereocenters. The number of hydrogen-bond donors (Lipinski definition) is 1. The summed E-state index contributed by atoms with van der Waals surface area (Å²) in [7, 11) is 0. The van der Waals surface area contributed by atoms with Crippen LogP contribution in [0, 0.1) is 0 Å². The van der Waals surface area contributed by atoms with E-state index in [2.05, 4.69) is 37.2 Å². The number of halogens is 2. The topological polar surface area (TPSA) is 29.1 Å². The molecule has 0 radical (unpaired) electrons. The standard InChI is InChI=1S/C8H7Br2NO/c1-5(12)11-7-4-2-3-6(9)8(7)10/h2-4H,1H3,(H,11,12). The lowest BCUT2D eigenvalue weighted by Crippen LogP contribution is -2.06. The molecule has 1 aromatic carbocycles. The molecule has 0 unspecified atom stereocenters. The second-order valence-electron chi connectivity index (χ2n) is 2.28. The Morgan fingerprint density at radius 1 is 1.42 bits per heavy atom. The zero-order chi connectivity index (χ0) is 9.14. The summed E-state index contributed by atoms with van der Waals surface area (Å²) in [5, 5.41) is 2.70. The molecule has 2 nitrogen and oxygen atoms in total. The summed E-state index contributed by atoms with van der Waals surface area (Å²) in [5.41, 5.74) is 0.775. The largest absolute Gasteiger partial charge is 0.325 e. The van der Waals surface area contributed by atoms with Crippen molar-refractivity contribution in [3.05, 3.63) is 27.1 Å². The average Bonchev–Trinajstić information content (AvgIpc) is 1.98. The van der Waals surface area contributed by atoms with E-state index in [0.29, 0.717) is 0 Å². The Hall–Kier alpha value is -0.350. The fourth-order valence-electron chi connectivity index (χ4n) is 0.790. The molecule has 4 heteroatoms. The molecule has 0 aliphatic carbocycles. The first-order valence-electron chi connectivity index (χ1n) is 3.33. The monoisotopic (exact) mass is 291 g/mol. The van der Waals surface area contributed by atoms with Crippen molar-refractivity contribution >= 4 is 43.5 Å². The highest BCUT2D eigenvalue weighted by Gasteiger charge is 2.03. The molecule has 1 amide bonds. The van der Waals surface area contributed by atoms with Crippen molar-refractivity contribution in [1.82, 2.24) is 0 Å². The zero-order valence-corrected chi connectivity index (χ0v) is 9.57. The first-order chi connectivity index (χ1) is 5.61. The fraction of sp³-hybridized carbons (Fsp3) is 0.125. The van der Waals surface area contributed by atoms with Gasteiger partial charge in [-0.1, -0.05) is 6.07 Å². The maximum absolute atomic E-state index is 10.7. The molecular weight excluding hydrogens is 286 g/mol. The van der Waals surface area contributed by atoms with Crippen LogP contribution in [0.1, 0.15) is 6.92 Å². The van der Waals surface area contributed by atoms with Crippen LogP contribution < -0.4 is 5.32 Å². The second-order valence-corrected chi connectivity index (χ2v) is 3.93. The molecule has 1 aromatic rings. The van der Waals surface area contributed by atoms with Crippen LogP contribution in [-0.4, -0.2) is 5.91 Å². The maximum atomic E-state index is 10.7. The van der Waals surface area contributed by atoms with Gasteiger partial charge in [-0.2, -0.15) is 0 Å². The summed E-state index contributed by atoms with van der Waals surface area (Å²) in [6.45, 7) is 1.48. The molecule has 0 saturated carbocycles. The Labute approximate surface area is 87.6 Å². The van der Waals surface area contributed by atoms with Crippen LogP contribution in [0.15, 0.2) is 27.1 Å². The van der Waals surface area contributed by atoms with Crippen molar-refractivity contribution < 1.29 is 4.79 Å². The van der Waals surface area contributed by atoms with Crippen molar-refractivity contribution in [2.45, 2.75) is 6.92 Å². The van der Waals surface area contributed by atoms with Crippen molar-refractivity contribution in [1.29, 1.82) is 0 Å². The van der Waals surface area contributed by atoms with E-state index in [9.17, 15) is 4.79 Å². The summed E-state index contributed by atoms with van der Waals surface area (Å²) in [6.07, 6.45) is 0. The van der Waals surface area contributed by atoms with Crippen LogP contribution in [0.25, 0.3) is 0 Å². The molecular formula is C8H7Br2NO. The van der Waals surface area contributed by atoms with Crippen LogP contribution in [0.3, 0.4) is 0 Å². The lowest BCUT2D eigenvalue weighted by atomic mass is 10.3. The molecule has 1 N–H and O–H groups in total. The van der Waals surface area contributed by atoms with E-state index in [0.717, 1.165) is 14.6 Å². The third-order valence-corrected chi connectivity index (χ3v) is 3.31. The number of amides is 1. The molecule has 0 aliphatic heterocycles. The van der Waals surface area contributed by atoms with Crippen molar-refractivity contribution in [2.24, 2.45) is 0 Å². The molecule has 0 aromatic heterocycles. The minimum absolute atomic E-state index is 0.0752. The second kappa shape index (κ2) is 4.05. The molecule has 64 valence electrons. The normalized spacial score (nSPS) is 9.58. The molecule has 0 aliphatic rings. The van der Waals surface area contributed by atoms with E-state index in [1.807, 2.05) is 18.2 Å². The lowest BCUT2D eigenvalue weighted by molar-refractivity contribution is -0.114. The molecule has 0 bridgehead atoms. The quantitative estimate of drug-likeness (QED) is 0.846. The number of carbonyl (C=O) groups is 1. The third kappa shape index (κ3) is 2.32. The van der Waals surface area contributed by atoms with Gasteiger partial charge in [0.15, 0.2) is 0 Å². The minimum atomic E-state index is -0.0752. The van der Waals surface area contributed by atoms with Crippen molar-refractivity contribution in [3.63, 3.8) is 0 Å². The Morgan fingerprint density at radius 2 is 2.08 bits per heavy atom. The predicted molar refractivity (Wildman–Crippen MR) is 56.1 cm³/mol. The van der Waals surface area contributed by atoms with E-state index in [1.165, 1.54) is 6.92 Å². The summed E-state index contributed by atoms with van der Waals surface area (Å²) < 4.78 is 1.79. The molecule has 1 rings (SSSR count). The third-order valence-electron chi connectivity index (χ3n) is 1.26. The first kappa shape index (κ1) is 9.74. The predicted octanol–water partition coefficient (Wildman–Crippen LogP) is 3.17. The van der Waals surface area contributed by atoms with E-state index in [-0.39, 0.29) is 5.91 Å². The molecule has 0 fully saturated rings. The van der Waals surface area contributed by atoms with Gasteiger partial charge in [-0.3, -0.25) is 4.79 Å². The first-order valence-corrected chi connectivity index (χ1v) is 4.91. The average molecular weight is 293 g/mol. The SMILES string of the molecule is CC(=O)Nc1cccc(Br)c1Br. The van der Waals surface area contributed by atoms with Gasteiger partial charge in [0.1, 0.15) is 0 Å². The van der Waals surface area contributed by atoms with Crippen LogP contribution in [-0.2, 0) is 4.79 Å². The number of benzene rings is 1. The van der Waals surface area contributed by atoms with Gasteiger partial charge in [-0.25, -0.2) is 0 Å². The highest BCUT2D eigenvalue weighted by atomic mass is 79.9. The number of hydrogen-bond acceptors (Lipinski definition) is 1. The maximum Gasteiger partial charge on any atom is 0.221 e. The van der Waals surface area contributed by atoms with E-state index < -0.39 is 0 Å².